The van der Waals surface area contributed by atoms with Gasteiger partial charge in [-0.3, -0.25) is 0 Å². The molecule has 6 rings (SSSR count). The Bertz CT molecular complexity index is 1350. The molecule has 154 valence electrons. The van der Waals surface area contributed by atoms with Crippen molar-refractivity contribution in [2.75, 3.05) is 0 Å². The Kier molecular flexibility index (Phi) is 5.10. The zero-order valence-corrected chi connectivity index (χ0v) is 20.9. The van der Waals surface area contributed by atoms with Gasteiger partial charge in [0.15, 0.2) is 0 Å². The standard InChI is InChI=1S/C30H22Se2/c1-3-13-23(14-4-1)25-17-7-10-20-28(25)32(31-24-15-5-2-6-16-24)29-21-11-8-18-26(29)27-19-9-12-22-30(27)32/h1-22H. The zero-order valence-electron chi connectivity index (χ0n) is 17.5. The molecule has 1 heterocycles. The molecular formula is C30H22Se2. The van der Waals surface area contributed by atoms with E-state index in [1.165, 1.54) is 26.7 Å². The van der Waals surface area contributed by atoms with Crippen molar-refractivity contribution in [2.24, 2.45) is 0 Å². The summed E-state index contributed by atoms with van der Waals surface area (Å²) in [5.74, 6) is 0. The fourth-order valence-electron chi connectivity index (χ4n) is 4.56. The molecular weight excluding hydrogens is 518 g/mol. The molecule has 0 atom stereocenters. The second-order valence-electron chi connectivity index (χ2n) is 7.81. The van der Waals surface area contributed by atoms with E-state index in [4.69, 9.17) is 0 Å². The third kappa shape index (κ3) is 3.12. The van der Waals surface area contributed by atoms with Crippen LogP contribution in [0.3, 0.4) is 0 Å². The molecule has 0 N–H and O–H groups in total. The topological polar surface area (TPSA) is 0 Å². The SMILES string of the molecule is c1ccc([Se][Se]2(c3ccccc3-c3ccccc3)c3ccccc3-c3ccccc32)cc1. The number of hydrogen-bond acceptors (Lipinski definition) is 0. The van der Waals surface area contributed by atoms with Gasteiger partial charge in [-0.2, -0.15) is 0 Å². The first-order chi connectivity index (χ1) is 15.9. The predicted molar refractivity (Wildman–Crippen MR) is 140 cm³/mol. The van der Waals surface area contributed by atoms with E-state index in [0.717, 1.165) is 0 Å². The Morgan fingerprint density at radius 1 is 0.375 bits per heavy atom. The van der Waals surface area contributed by atoms with E-state index < -0.39 is 11.0 Å². The van der Waals surface area contributed by atoms with Crippen LogP contribution in [0.2, 0.25) is 0 Å². The van der Waals surface area contributed by atoms with Crippen molar-refractivity contribution in [3.8, 4) is 22.3 Å². The van der Waals surface area contributed by atoms with Crippen molar-refractivity contribution >= 4 is 42.0 Å². The number of hydrogen-bond donors (Lipinski definition) is 0. The van der Waals surface area contributed by atoms with Gasteiger partial charge >= 0.3 is 198 Å². The molecule has 0 amide bonds. The molecule has 0 unspecified atom stereocenters. The average Bonchev–Trinajstić information content (AvgIpc) is 3.16. The Morgan fingerprint density at radius 2 is 0.781 bits per heavy atom. The van der Waals surface area contributed by atoms with Crippen LogP contribution in [-0.4, -0.2) is 24.2 Å². The normalized spacial score (nSPS) is 14.4. The van der Waals surface area contributed by atoms with Crippen LogP contribution in [0.4, 0.5) is 0 Å². The van der Waals surface area contributed by atoms with Crippen molar-refractivity contribution < 1.29 is 0 Å². The fourth-order valence-corrected chi connectivity index (χ4v) is 24.6. The van der Waals surface area contributed by atoms with Gasteiger partial charge < -0.3 is 0 Å². The molecule has 0 spiro atoms. The summed E-state index contributed by atoms with van der Waals surface area (Å²) in [5.41, 5.74) is 5.57. The van der Waals surface area contributed by atoms with Gasteiger partial charge in [-0.1, -0.05) is 0 Å². The van der Waals surface area contributed by atoms with Gasteiger partial charge in [-0.25, -0.2) is 0 Å². The van der Waals surface area contributed by atoms with Crippen LogP contribution in [0.1, 0.15) is 0 Å². The summed E-state index contributed by atoms with van der Waals surface area (Å²) >= 11 is -2.20. The molecule has 2 heteroatoms. The minimum atomic E-state index is -2.51. The van der Waals surface area contributed by atoms with Gasteiger partial charge in [-0.15, -0.1) is 0 Å². The van der Waals surface area contributed by atoms with Crippen molar-refractivity contribution in [3.63, 3.8) is 0 Å². The van der Waals surface area contributed by atoms with E-state index in [0.29, 0.717) is 13.1 Å². The number of fused-ring (bicyclic) bond motifs is 3. The molecule has 0 fully saturated rings. The van der Waals surface area contributed by atoms with Crippen LogP contribution in [0.25, 0.3) is 22.3 Å². The van der Waals surface area contributed by atoms with Crippen molar-refractivity contribution in [1.82, 2.24) is 0 Å². The van der Waals surface area contributed by atoms with Gasteiger partial charge in [-0.05, 0) is 0 Å². The molecule has 0 radical (unpaired) electrons. The molecule has 0 aromatic heterocycles. The van der Waals surface area contributed by atoms with Gasteiger partial charge in [0.2, 0.25) is 0 Å². The molecule has 32 heavy (non-hydrogen) atoms. The molecule has 1 aliphatic heterocycles. The van der Waals surface area contributed by atoms with Crippen LogP contribution in [0, 0.1) is 0 Å². The van der Waals surface area contributed by atoms with Crippen LogP contribution in [0.5, 0.6) is 0 Å². The number of rotatable bonds is 4. The third-order valence-electron chi connectivity index (χ3n) is 5.93. The Labute approximate surface area is 196 Å². The second-order valence-corrected chi connectivity index (χ2v) is 21.5. The second kappa shape index (κ2) is 8.24. The third-order valence-corrected chi connectivity index (χ3v) is 24.3. The summed E-state index contributed by atoms with van der Waals surface area (Å²) in [6, 6.07) is 49.7. The average molecular weight is 540 g/mol. The van der Waals surface area contributed by atoms with Gasteiger partial charge in [0, 0.05) is 0 Å². The first-order valence-corrected chi connectivity index (χ1v) is 18.5. The zero-order chi connectivity index (χ0) is 21.4. The number of benzene rings is 5. The molecule has 5 aromatic rings. The van der Waals surface area contributed by atoms with Crippen molar-refractivity contribution in [1.29, 1.82) is 0 Å². The molecule has 0 saturated heterocycles. The van der Waals surface area contributed by atoms with E-state index in [9.17, 15) is 0 Å². The summed E-state index contributed by atoms with van der Waals surface area (Å²) in [5, 5.41) is 0. The van der Waals surface area contributed by atoms with Gasteiger partial charge in [0.1, 0.15) is 0 Å². The molecule has 0 saturated carbocycles. The first kappa shape index (κ1) is 19.8. The van der Waals surface area contributed by atoms with Crippen LogP contribution >= 0.6 is 0 Å². The van der Waals surface area contributed by atoms with Crippen LogP contribution in [-0.2, 0) is 0 Å². The predicted octanol–water partition coefficient (Wildman–Crippen LogP) is 4.33. The first-order valence-electron chi connectivity index (χ1n) is 10.8. The van der Waals surface area contributed by atoms with E-state index in [-0.39, 0.29) is 0 Å². The van der Waals surface area contributed by atoms with Crippen LogP contribution < -0.4 is 17.8 Å². The van der Waals surface area contributed by atoms with Gasteiger partial charge in [0.25, 0.3) is 0 Å². The minimum absolute atomic E-state index is 0.311. The van der Waals surface area contributed by atoms with Gasteiger partial charge in [0.05, 0.1) is 0 Å². The quantitative estimate of drug-likeness (QED) is 0.298. The van der Waals surface area contributed by atoms with Crippen molar-refractivity contribution in [2.45, 2.75) is 0 Å². The molecule has 0 aliphatic carbocycles. The summed E-state index contributed by atoms with van der Waals surface area (Å²) < 4.78 is 6.19. The fraction of sp³-hybridized carbons (Fsp3) is 0. The van der Waals surface area contributed by atoms with Crippen molar-refractivity contribution in [3.05, 3.63) is 133 Å². The molecule has 5 aromatic carbocycles. The summed E-state index contributed by atoms with van der Waals surface area (Å²) in [7, 11) is 0. The van der Waals surface area contributed by atoms with E-state index >= 15 is 0 Å². The molecule has 0 nitrogen and oxygen atoms in total. The van der Waals surface area contributed by atoms with E-state index in [1.54, 1.807) is 13.4 Å². The summed E-state index contributed by atoms with van der Waals surface area (Å²) in [4.78, 5) is 0. The molecule has 0 bridgehead atoms. The van der Waals surface area contributed by atoms with E-state index in [1.807, 2.05) is 0 Å². The Morgan fingerprint density at radius 3 is 1.34 bits per heavy atom. The Balaban J connectivity index is 1.71. The van der Waals surface area contributed by atoms with Crippen LogP contribution in [0.15, 0.2) is 133 Å². The van der Waals surface area contributed by atoms with E-state index in [2.05, 4.69) is 133 Å². The Hall–Kier alpha value is -2.86. The summed E-state index contributed by atoms with van der Waals surface area (Å²) in [6.45, 7) is 0. The summed E-state index contributed by atoms with van der Waals surface area (Å²) in [6.07, 6.45) is 0. The maximum absolute atomic E-state index is 2.51. The maximum atomic E-state index is 2.42. The molecule has 1 aliphatic rings. The monoisotopic (exact) mass is 542 g/mol.